The summed E-state index contributed by atoms with van der Waals surface area (Å²) >= 11 is 0. The lowest BCUT2D eigenvalue weighted by Crippen LogP contribution is -2.17. The van der Waals surface area contributed by atoms with Gasteiger partial charge in [-0.15, -0.1) is 13.2 Å². The van der Waals surface area contributed by atoms with Crippen molar-refractivity contribution in [2.24, 2.45) is 0 Å². The lowest BCUT2D eigenvalue weighted by molar-refractivity contribution is -0.274. The van der Waals surface area contributed by atoms with Crippen molar-refractivity contribution in [2.75, 3.05) is 6.54 Å². The molecule has 1 atom stereocenters. The van der Waals surface area contributed by atoms with Crippen molar-refractivity contribution < 1.29 is 27.4 Å². The van der Waals surface area contributed by atoms with Gasteiger partial charge in [-0.3, -0.25) is 0 Å². The molecule has 1 unspecified atom stereocenters. The van der Waals surface area contributed by atoms with Crippen molar-refractivity contribution in [1.29, 1.82) is 0 Å². The maximum Gasteiger partial charge on any atom is 0.573 e. The lowest BCUT2D eigenvalue weighted by atomic mass is 10.1. The number of halogens is 3. The molecule has 0 aliphatic carbocycles. The van der Waals surface area contributed by atoms with E-state index in [0.717, 1.165) is 0 Å². The Balaban J connectivity index is 2.14. The summed E-state index contributed by atoms with van der Waals surface area (Å²) < 4.78 is 44.6. The molecule has 1 saturated heterocycles. The first-order chi connectivity index (χ1) is 7.94. The van der Waals surface area contributed by atoms with Crippen molar-refractivity contribution in [1.82, 2.24) is 5.32 Å². The van der Waals surface area contributed by atoms with Gasteiger partial charge in [0, 0.05) is 0 Å². The predicted octanol–water partition coefficient (Wildman–Crippen LogP) is 2.37. The highest BCUT2D eigenvalue weighted by atomic mass is 19.4. The second-order valence-corrected chi connectivity index (χ2v) is 3.40. The molecule has 1 aromatic rings. The summed E-state index contributed by atoms with van der Waals surface area (Å²) in [6, 6.07) is 5.34. The average molecular weight is 247 g/mol. The van der Waals surface area contributed by atoms with Crippen molar-refractivity contribution in [3.63, 3.8) is 0 Å². The number of alkyl halides is 3. The molecule has 17 heavy (non-hydrogen) atoms. The SMILES string of the molecule is O=C1NCC(c2cccc(OC(F)(F)F)c2)O1. The number of hydrogen-bond acceptors (Lipinski definition) is 3. The van der Waals surface area contributed by atoms with Gasteiger partial charge in [0.05, 0.1) is 6.54 Å². The molecule has 0 bridgehead atoms. The van der Waals surface area contributed by atoms with Crippen molar-refractivity contribution >= 4 is 6.09 Å². The monoisotopic (exact) mass is 247 g/mol. The number of nitrogens with one attached hydrogen (secondary N) is 1. The molecular weight excluding hydrogens is 239 g/mol. The minimum atomic E-state index is -4.73. The van der Waals surface area contributed by atoms with E-state index < -0.39 is 18.6 Å². The lowest BCUT2D eigenvalue weighted by Gasteiger charge is -2.12. The summed E-state index contributed by atoms with van der Waals surface area (Å²) in [7, 11) is 0. The molecule has 0 saturated carbocycles. The molecule has 4 nitrogen and oxygen atoms in total. The van der Waals surface area contributed by atoms with Crippen LogP contribution in [0.4, 0.5) is 18.0 Å². The van der Waals surface area contributed by atoms with Crippen LogP contribution in [0.3, 0.4) is 0 Å². The van der Waals surface area contributed by atoms with Crippen LogP contribution in [0.15, 0.2) is 24.3 Å². The van der Waals surface area contributed by atoms with Gasteiger partial charge >= 0.3 is 12.5 Å². The maximum absolute atomic E-state index is 12.0. The minimum absolute atomic E-state index is 0.230. The van der Waals surface area contributed by atoms with E-state index in [0.29, 0.717) is 5.56 Å². The summed E-state index contributed by atoms with van der Waals surface area (Å²) in [6.07, 6.45) is -5.90. The van der Waals surface area contributed by atoms with E-state index >= 15 is 0 Å². The molecule has 1 N–H and O–H groups in total. The fraction of sp³-hybridized carbons (Fsp3) is 0.300. The Morgan fingerprint density at radius 2 is 2.18 bits per heavy atom. The van der Waals surface area contributed by atoms with E-state index in [9.17, 15) is 18.0 Å². The number of carbonyl (C=O) groups excluding carboxylic acids is 1. The average Bonchev–Trinajstić information content (AvgIpc) is 2.63. The Morgan fingerprint density at radius 3 is 2.76 bits per heavy atom. The van der Waals surface area contributed by atoms with Crippen LogP contribution in [-0.2, 0) is 4.74 Å². The Kier molecular flexibility index (Phi) is 2.83. The zero-order valence-electron chi connectivity index (χ0n) is 8.45. The molecule has 0 aromatic heterocycles. The first-order valence-electron chi connectivity index (χ1n) is 4.74. The third-order valence-electron chi connectivity index (χ3n) is 2.14. The van der Waals surface area contributed by atoms with Gasteiger partial charge in [0.25, 0.3) is 0 Å². The molecule has 1 aromatic carbocycles. The standard InChI is InChI=1S/C10H8F3NO3/c11-10(12,13)17-7-3-1-2-6(4-7)8-5-14-9(15)16-8/h1-4,8H,5H2,(H,14,15). The predicted molar refractivity (Wildman–Crippen MR) is 50.3 cm³/mol. The number of rotatable bonds is 2. The van der Waals surface area contributed by atoms with Gasteiger partial charge in [-0.25, -0.2) is 4.79 Å². The molecule has 1 fully saturated rings. The maximum atomic E-state index is 12.0. The topological polar surface area (TPSA) is 47.6 Å². The van der Waals surface area contributed by atoms with Crippen LogP contribution in [0.25, 0.3) is 0 Å². The van der Waals surface area contributed by atoms with Crippen LogP contribution in [0.1, 0.15) is 11.7 Å². The van der Waals surface area contributed by atoms with Crippen LogP contribution >= 0.6 is 0 Å². The van der Waals surface area contributed by atoms with Crippen molar-refractivity contribution in [3.8, 4) is 5.75 Å². The van der Waals surface area contributed by atoms with Gasteiger partial charge < -0.3 is 14.8 Å². The van der Waals surface area contributed by atoms with Crippen molar-refractivity contribution in [2.45, 2.75) is 12.5 Å². The molecule has 92 valence electrons. The van der Waals surface area contributed by atoms with E-state index in [4.69, 9.17) is 4.74 Å². The first-order valence-corrected chi connectivity index (χ1v) is 4.74. The second kappa shape index (κ2) is 4.15. The first kappa shape index (κ1) is 11.6. The second-order valence-electron chi connectivity index (χ2n) is 3.40. The Hall–Kier alpha value is -1.92. The number of benzene rings is 1. The van der Waals surface area contributed by atoms with Crippen LogP contribution < -0.4 is 10.1 Å². The summed E-state index contributed by atoms with van der Waals surface area (Å²) in [6.45, 7) is 0.230. The minimum Gasteiger partial charge on any atom is -0.439 e. The van der Waals surface area contributed by atoms with Gasteiger partial charge in [0.1, 0.15) is 11.9 Å². The van der Waals surface area contributed by atoms with E-state index in [-0.39, 0.29) is 12.3 Å². The number of amides is 1. The molecule has 7 heteroatoms. The highest BCUT2D eigenvalue weighted by Gasteiger charge is 2.31. The summed E-state index contributed by atoms with van der Waals surface area (Å²) in [4.78, 5) is 10.8. The van der Waals surface area contributed by atoms with Crippen LogP contribution in [-0.4, -0.2) is 19.0 Å². The number of carbonyl (C=O) groups is 1. The van der Waals surface area contributed by atoms with Gasteiger partial charge in [-0.05, 0) is 17.7 Å². The fourth-order valence-corrected chi connectivity index (χ4v) is 1.49. The Bertz CT molecular complexity index is 433. The smallest absolute Gasteiger partial charge is 0.439 e. The van der Waals surface area contributed by atoms with Gasteiger partial charge in [0.2, 0.25) is 0 Å². The molecule has 2 rings (SSSR count). The fourth-order valence-electron chi connectivity index (χ4n) is 1.49. The van der Waals surface area contributed by atoms with E-state index in [2.05, 4.69) is 10.1 Å². The molecule has 1 aliphatic rings. The van der Waals surface area contributed by atoms with Gasteiger partial charge in [-0.1, -0.05) is 12.1 Å². The van der Waals surface area contributed by atoms with Crippen molar-refractivity contribution in [3.05, 3.63) is 29.8 Å². The van der Waals surface area contributed by atoms with Crippen LogP contribution in [0.5, 0.6) is 5.75 Å². The highest BCUT2D eigenvalue weighted by molar-refractivity contribution is 5.69. The molecule has 1 heterocycles. The zero-order chi connectivity index (χ0) is 12.5. The highest BCUT2D eigenvalue weighted by Crippen LogP contribution is 2.27. The van der Waals surface area contributed by atoms with E-state index in [1.165, 1.54) is 18.2 Å². The van der Waals surface area contributed by atoms with Crippen LogP contribution in [0, 0.1) is 0 Å². The number of cyclic esters (lactones) is 1. The molecule has 0 spiro atoms. The van der Waals surface area contributed by atoms with Gasteiger partial charge in [0.15, 0.2) is 0 Å². The van der Waals surface area contributed by atoms with E-state index in [1.807, 2.05) is 0 Å². The normalized spacial score (nSPS) is 19.7. The largest absolute Gasteiger partial charge is 0.573 e. The number of alkyl carbamates (subject to hydrolysis) is 1. The zero-order valence-corrected chi connectivity index (χ0v) is 8.45. The van der Waals surface area contributed by atoms with Gasteiger partial charge in [-0.2, -0.15) is 0 Å². The molecule has 1 amide bonds. The van der Waals surface area contributed by atoms with E-state index in [1.54, 1.807) is 6.07 Å². The third-order valence-corrected chi connectivity index (χ3v) is 2.14. The molecular formula is C10H8F3NO3. The molecule has 1 aliphatic heterocycles. The Morgan fingerprint density at radius 1 is 1.41 bits per heavy atom. The summed E-state index contributed by atoms with van der Waals surface area (Å²) in [5.41, 5.74) is 0.449. The summed E-state index contributed by atoms with van der Waals surface area (Å²) in [5.74, 6) is -0.335. The number of ether oxygens (including phenoxy) is 2. The number of hydrogen-bond donors (Lipinski definition) is 1. The quantitative estimate of drug-likeness (QED) is 0.872. The third kappa shape index (κ3) is 3.02. The van der Waals surface area contributed by atoms with Crippen LogP contribution in [0.2, 0.25) is 0 Å². The Labute approximate surface area is 94.3 Å². The molecule has 0 radical (unpaired) electrons. The summed E-state index contributed by atoms with van der Waals surface area (Å²) in [5, 5.41) is 2.41.